The van der Waals surface area contributed by atoms with Crippen molar-refractivity contribution in [3.8, 4) is 5.75 Å². The van der Waals surface area contributed by atoms with Crippen LogP contribution < -0.4 is 15.4 Å². The number of carbonyl (C=O) groups is 3. The van der Waals surface area contributed by atoms with Gasteiger partial charge in [-0.05, 0) is 35.7 Å². The summed E-state index contributed by atoms with van der Waals surface area (Å²) in [5, 5.41) is 14.9. The van der Waals surface area contributed by atoms with Gasteiger partial charge in [-0.2, -0.15) is 0 Å². The fourth-order valence-electron chi connectivity index (χ4n) is 2.88. The van der Waals surface area contributed by atoms with Crippen LogP contribution in [-0.4, -0.2) is 41.1 Å². The molecule has 3 N–H and O–H groups in total. The van der Waals surface area contributed by atoms with Crippen molar-refractivity contribution in [3.63, 3.8) is 0 Å². The maximum atomic E-state index is 12.4. The van der Waals surface area contributed by atoms with Crippen molar-refractivity contribution in [2.24, 2.45) is 0 Å². The van der Waals surface area contributed by atoms with Crippen molar-refractivity contribution in [2.45, 2.75) is 17.8 Å². The van der Waals surface area contributed by atoms with Crippen LogP contribution in [0.15, 0.2) is 42.5 Å². The van der Waals surface area contributed by atoms with E-state index >= 15 is 0 Å². The van der Waals surface area contributed by atoms with Gasteiger partial charge in [0.05, 0.1) is 24.0 Å². The standard InChI is InChI=1S/C20H19ClN2O5S/c1-28-16-7-6-13(21)9-14(16)18(25)22-10-15(24)12-4-2-11(3-5-12)8-17-19(26)23-20(27)29-17/h2-7,9,15,17,24H,8,10H2,1H3,(H,22,25)(H,23,26,27). The third-order valence-corrected chi connectivity index (χ3v) is 5.63. The molecule has 2 atom stereocenters. The van der Waals surface area contributed by atoms with E-state index in [4.69, 9.17) is 16.3 Å². The van der Waals surface area contributed by atoms with Gasteiger partial charge in [0.25, 0.3) is 11.1 Å². The smallest absolute Gasteiger partial charge is 0.286 e. The Kier molecular flexibility index (Phi) is 6.79. The van der Waals surface area contributed by atoms with E-state index in [0.29, 0.717) is 22.8 Å². The average Bonchev–Trinajstić information content (AvgIpc) is 3.03. The number of rotatable bonds is 7. The molecule has 1 aliphatic heterocycles. The predicted octanol–water partition coefficient (Wildman–Crippen LogP) is 2.71. The van der Waals surface area contributed by atoms with Crippen molar-refractivity contribution in [1.29, 1.82) is 0 Å². The van der Waals surface area contributed by atoms with E-state index in [1.807, 2.05) is 0 Å². The highest BCUT2D eigenvalue weighted by molar-refractivity contribution is 8.15. The van der Waals surface area contributed by atoms with E-state index in [1.54, 1.807) is 36.4 Å². The van der Waals surface area contributed by atoms with Crippen LogP contribution in [0.1, 0.15) is 27.6 Å². The first-order valence-corrected chi connectivity index (χ1v) is 10.0. The van der Waals surface area contributed by atoms with E-state index in [1.165, 1.54) is 13.2 Å². The van der Waals surface area contributed by atoms with Crippen LogP contribution in [0.3, 0.4) is 0 Å². The molecule has 0 radical (unpaired) electrons. The first kappa shape index (κ1) is 21.2. The number of benzene rings is 2. The molecule has 0 spiro atoms. The predicted molar refractivity (Wildman–Crippen MR) is 110 cm³/mol. The lowest BCUT2D eigenvalue weighted by Gasteiger charge is -2.14. The second-order valence-corrected chi connectivity index (χ2v) is 8.01. The summed E-state index contributed by atoms with van der Waals surface area (Å²) in [5.41, 5.74) is 1.77. The number of ether oxygens (including phenoxy) is 1. The van der Waals surface area contributed by atoms with Crippen LogP contribution in [0.2, 0.25) is 5.02 Å². The summed E-state index contributed by atoms with van der Waals surface area (Å²) < 4.78 is 5.16. The Hall–Kier alpha value is -2.55. The fourth-order valence-corrected chi connectivity index (χ4v) is 3.91. The molecule has 1 saturated heterocycles. The molecule has 2 aromatic rings. The highest BCUT2D eigenvalue weighted by Gasteiger charge is 2.31. The average molecular weight is 435 g/mol. The number of imide groups is 1. The van der Waals surface area contributed by atoms with Gasteiger partial charge in [0.1, 0.15) is 5.75 Å². The van der Waals surface area contributed by atoms with Crippen LogP contribution in [-0.2, 0) is 11.2 Å². The van der Waals surface area contributed by atoms with E-state index in [2.05, 4.69) is 10.6 Å². The summed E-state index contributed by atoms with van der Waals surface area (Å²) in [6.07, 6.45) is -0.492. The van der Waals surface area contributed by atoms with Crippen LogP contribution in [0.4, 0.5) is 4.79 Å². The molecule has 9 heteroatoms. The van der Waals surface area contributed by atoms with Crippen LogP contribution in [0, 0.1) is 0 Å². The van der Waals surface area contributed by atoms with Gasteiger partial charge in [-0.15, -0.1) is 0 Å². The van der Waals surface area contributed by atoms with Crippen molar-refractivity contribution in [2.75, 3.05) is 13.7 Å². The second kappa shape index (κ2) is 9.30. The van der Waals surface area contributed by atoms with Crippen molar-refractivity contribution < 1.29 is 24.2 Å². The summed E-state index contributed by atoms with van der Waals surface area (Å²) in [7, 11) is 1.46. The monoisotopic (exact) mass is 434 g/mol. The molecule has 1 fully saturated rings. The van der Waals surface area contributed by atoms with E-state index in [-0.39, 0.29) is 23.3 Å². The SMILES string of the molecule is COc1ccc(Cl)cc1C(=O)NCC(O)c1ccc(CC2SC(=O)NC2=O)cc1. The Balaban J connectivity index is 1.57. The van der Waals surface area contributed by atoms with Gasteiger partial charge in [-0.1, -0.05) is 47.6 Å². The van der Waals surface area contributed by atoms with E-state index in [9.17, 15) is 19.5 Å². The lowest BCUT2D eigenvalue weighted by molar-refractivity contribution is -0.118. The minimum Gasteiger partial charge on any atom is -0.496 e. The number of thioether (sulfide) groups is 1. The lowest BCUT2D eigenvalue weighted by Crippen LogP contribution is -2.28. The minimum atomic E-state index is -0.913. The normalized spacial score (nSPS) is 17.0. The third kappa shape index (κ3) is 5.29. The molecule has 0 bridgehead atoms. The first-order valence-electron chi connectivity index (χ1n) is 8.77. The largest absolute Gasteiger partial charge is 0.496 e. The molecule has 7 nitrogen and oxygen atoms in total. The number of aliphatic hydroxyl groups is 1. The molecule has 3 amide bonds. The van der Waals surface area contributed by atoms with Gasteiger partial charge in [0.15, 0.2) is 0 Å². The van der Waals surface area contributed by atoms with Crippen LogP contribution >= 0.6 is 23.4 Å². The van der Waals surface area contributed by atoms with Gasteiger partial charge in [0.2, 0.25) is 5.91 Å². The number of nitrogens with one attached hydrogen (secondary N) is 2. The summed E-state index contributed by atoms with van der Waals surface area (Å²) >= 11 is 6.92. The molecule has 0 saturated carbocycles. The molecule has 1 aliphatic rings. The molecular formula is C20H19ClN2O5S. The molecule has 152 valence electrons. The van der Waals surface area contributed by atoms with Gasteiger partial charge in [-0.3, -0.25) is 19.7 Å². The molecule has 1 heterocycles. The number of methoxy groups -OCH3 is 1. The second-order valence-electron chi connectivity index (χ2n) is 6.40. The van der Waals surface area contributed by atoms with Crippen molar-refractivity contribution in [3.05, 3.63) is 64.2 Å². The maximum absolute atomic E-state index is 12.4. The molecule has 2 aromatic carbocycles. The molecule has 29 heavy (non-hydrogen) atoms. The minimum absolute atomic E-state index is 0.00321. The van der Waals surface area contributed by atoms with Gasteiger partial charge >= 0.3 is 0 Å². The van der Waals surface area contributed by atoms with Crippen molar-refractivity contribution in [1.82, 2.24) is 10.6 Å². The first-order chi connectivity index (χ1) is 13.9. The van der Waals surface area contributed by atoms with E-state index < -0.39 is 17.3 Å². The fraction of sp³-hybridized carbons (Fsp3) is 0.250. The zero-order valence-electron chi connectivity index (χ0n) is 15.5. The maximum Gasteiger partial charge on any atom is 0.286 e. The summed E-state index contributed by atoms with van der Waals surface area (Å²) in [6.45, 7) is 0.00321. The van der Waals surface area contributed by atoms with E-state index in [0.717, 1.165) is 17.3 Å². The molecular weight excluding hydrogens is 416 g/mol. The number of halogens is 1. The quantitative estimate of drug-likeness (QED) is 0.619. The number of aliphatic hydroxyl groups excluding tert-OH is 1. The Labute approximate surface area is 176 Å². The van der Waals surface area contributed by atoms with Crippen molar-refractivity contribution >= 4 is 40.4 Å². The van der Waals surface area contributed by atoms with Gasteiger partial charge in [0, 0.05) is 11.6 Å². The Morgan fingerprint density at radius 2 is 2.00 bits per heavy atom. The van der Waals surface area contributed by atoms with Crippen LogP contribution in [0.5, 0.6) is 5.75 Å². The highest BCUT2D eigenvalue weighted by Crippen LogP contribution is 2.24. The zero-order chi connectivity index (χ0) is 21.0. The number of amides is 3. The third-order valence-electron chi connectivity index (χ3n) is 4.41. The number of hydrogen-bond acceptors (Lipinski definition) is 6. The summed E-state index contributed by atoms with van der Waals surface area (Å²) in [5.74, 6) is -0.310. The van der Waals surface area contributed by atoms with Crippen LogP contribution in [0.25, 0.3) is 0 Å². The zero-order valence-corrected chi connectivity index (χ0v) is 17.0. The molecule has 0 aliphatic carbocycles. The lowest BCUT2D eigenvalue weighted by atomic mass is 10.0. The Bertz CT molecular complexity index is 935. The molecule has 2 unspecified atom stereocenters. The van der Waals surface area contributed by atoms with Gasteiger partial charge in [-0.25, -0.2) is 0 Å². The van der Waals surface area contributed by atoms with Gasteiger partial charge < -0.3 is 15.2 Å². The molecule has 3 rings (SSSR count). The summed E-state index contributed by atoms with van der Waals surface area (Å²) in [4.78, 5) is 35.3. The number of hydrogen-bond donors (Lipinski definition) is 3. The highest BCUT2D eigenvalue weighted by atomic mass is 35.5. The number of carbonyl (C=O) groups excluding carboxylic acids is 3. The molecule has 0 aromatic heterocycles. The summed E-state index contributed by atoms with van der Waals surface area (Å²) in [6, 6.07) is 11.8. The topological polar surface area (TPSA) is 105 Å². The Morgan fingerprint density at radius 1 is 1.28 bits per heavy atom. The Morgan fingerprint density at radius 3 is 2.62 bits per heavy atom.